The number of carboxylic acid groups (broad SMARTS) is 1. The fraction of sp³-hybridized carbons (Fsp3) is 0.700. The number of carboxylic acids is 1. The van der Waals surface area contributed by atoms with Gasteiger partial charge in [0.15, 0.2) is 0 Å². The first-order valence-electron chi connectivity index (χ1n) is 9.04. The van der Waals surface area contributed by atoms with Crippen molar-refractivity contribution in [1.29, 1.82) is 0 Å². The topological polar surface area (TPSA) is 63.6 Å². The van der Waals surface area contributed by atoms with Crippen molar-refractivity contribution >= 4 is 11.9 Å². The van der Waals surface area contributed by atoms with E-state index >= 15 is 0 Å². The van der Waals surface area contributed by atoms with Gasteiger partial charge in [0.2, 0.25) is 0 Å². The Balaban J connectivity index is 1.82. The van der Waals surface area contributed by atoms with E-state index in [9.17, 15) is 14.7 Å². The lowest BCUT2D eigenvalue weighted by Crippen LogP contribution is -2.53. The number of allylic oxidation sites excluding steroid dienone is 1. The molecule has 4 heteroatoms. The molecule has 3 rings (SSSR count). The number of ether oxygens (including phenoxy) is 1. The second-order valence-electron chi connectivity index (χ2n) is 8.33. The number of hydrogen-bond acceptors (Lipinski definition) is 3. The van der Waals surface area contributed by atoms with Crippen LogP contribution in [-0.2, 0) is 14.3 Å². The quantitative estimate of drug-likeness (QED) is 0.621. The Morgan fingerprint density at radius 2 is 2.17 bits per heavy atom. The van der Waals surface area contributed by atoms with Crippen molar-refractivity contribution in [3.63, 3.8) is 0 Å². The Hall–Kier alpha value is -1.58. The lowest BCUT2D eigenvalue weighted by molar-refractivity contribution is -0.164. The number of aliphatic carboxylic acids is 1. The Morgan fingerprint density at radius 3 is 2.79 bits per heavy atom. The van der Waals surface area contributed by atoms with Gasteiger partial charge < -0.3 is 9.84 Å². The molecule has 2 saturated carbocycles. The summed E-state index contributed by atoms with van der Waals surface area (Å²) in [6.45, 7) is 8.94. The summed E-state index contributed by atoms with van der Waals surface area (Å²) in [5.41, 5.74) is 1.67. The summed E-state index contributed by atoms with van der Waals surface area (Å²) in [6, 6.07) is 0. The summed E-state index contributed by atoms with van der Waals surface area (Å²) in [5.74, 6) is -0.371. The molecule has 0 spiro atoms. The highest BCUT2D eigenvalue weighted by atomic mass is 16.5. The normalized spacial score (nSPS) is 39.2. The van der Waals surface area contributed by atoms with Crippen LogP contribution in [-0.4, -0.2) is 23.7 Å². The largest absolute Gasteiger partial charge is 0.481 e. The van der Waals surface area contributed by atoms with Gasteiger partial charge in [0.1, 0.15) is 6.61 Å². The Labute approximate surface area is 144 Å². The van der Waals surface area contributed by atoms with E-state index in [-0.39, 0.29) is 17.3 Å². The van der Waals surface area contributed by atoms with E-state index in [1.165, 1.54) is 5.57 Å². The van der Waals surface area contributed by atoms with E-state index in [4.69, 9.17) is 4.74 Å². The second kappa shape index (κ2) is 6.05. The van der Waals surface area contributed by atoms with Crippen molar-refractivity contribution in [2.45, 2.75) is 58.8 Å². The van der Waals surface area contributed by atoms with Gasteiger partial charge in [0.25, 0.3) is 0 Å². The number of carbonyl (C=O) groups is 2. The molecule has 1 heterocycles. The molecule has 0 aromatic carbocycles. The van der Waals surface area contributed by atoms with Crippen LogP contribution < -0.4 is 0 Å². The predicted molar refractivity (Wildman–Crippen MR) is 91.3 cm³/mol. The molecule has 132 valence electrons. The monoisotopic (exact) mass is 332 g/mol. The first-order valence-corrected chi connectivity index (χ1v) is 9.04. The molecule has 0 unspecified atom stereocenters. The van der Waals surface area contributed by atoms with Crippen molar-refractivity contribution in [3.05, 3.63) is 23.8 Å². The molecule has 0 bridgehead atoms. The fourth-order valence-corrected chi connectivity index (χ4v) is 5.63. The van der Waals surface area contributed by atoms with Crippen LogP contribution in [0.2, 0.25) is 0 Å². The van der Waals surface area contributed by atoms with E-state index in [0.717, 1.165) is 50.5 Å². The van der Waals surface area contributed by atoms with Gasteiger partial charge in [-0.2, -0.15) is 0 Å². The number of fused-ring (bicyclic) bond motifs is 1. The first-order chi connectivity index (χ1) is 11.3. The summed E-state index contributed by atoms with van der Waals surface area (Å²) in [5, 5.41) is 9.85. The third-order valence-electron chi connectivity index (χ3n) is 6.98. The molecule has 0 aromatic rings. The smallest absolute Gasteiger partial charge is 0.331 e. The minimum atomic E-state index is -0.651. The van der Waals surface area contributed by atoms with Crippen LogP contribution in [0, 0.1) is 22.7 Å². The standard InChI is InChI=1S/C20H28O4/c1-13-5-8-16-19(2,9-4-10-20(16,3)18(22)23)15(13)7-6-14-11-17(21)24-12-14/h11,15-16H,1,4-10,12H2,2-3H3,(H,22,23)/t15-,16+,19-,20-/m1/s1. The van der Waals surface area contributed by atoms with Crippen LogP contribution >= 0.6 is 0 Å². The summed E-state index contributed by atoms with van der Waals surface area (Å²) >= 11 is 0. The molecule has 0 amide bonds. The first kappa shape index (κ1) is 17.2. The van der Waals surface area contributed by atoms with Crippen LogP contribution in [0.25, 0.3) is 0 Å². The highest BCUT2D eigenvalue weighted by Crippen LogP contribution is 2.62. The third kappa shape index (κ3) is 2.70. The average Bonchev–Trinajstić information content (AvgIpc) is 2.91. The van der Waals surface area contributed by atoms with Gasteiger partial charge in [0.05, 0.1) is 5.41 Å². The zero-order chi connectivity index (χ0) is 17.5. The van der Waals surface area contributed by atoms with E-state index in [2.05, 4.69) is 13.5 Å². The minimum absolute atomic E-state index is 0.00917. The van der Waals surface area contributed by atoms with Gasteiger partial charge in [-0.05, 0) is 68.3 Å². The van der Waals surface area contributed by atoms with Crippen molar-refractivity contribution in [3.8, 4) is 0 Å². The highest BCUT2D eigenvalue weighted by molar-refractivity contribution is 5.85. The van der Waals surface area contributed by atoms with Gasteiger partial charge in [-0.15, -0.1) is 0 Å². The number of hydrogen-bond donors (Lipinski definition) is 1. The summed E-state index contributed by atoms with van der Waals surface area (Å²) in [6.07, 6.45) is 8.03. The number of carbonyl (C=O) groups excluding carboxylic acids is 1. The van der Waals surface area contributed by atoms with Crippen LogP contribution in [0.5, 0.6) is 0 Å². The zero-order valence-electron chi connectivity index (χ0n) is 14.8. The van der Waals surface area contributed by atoms with Crippen molar-refractivity contribution < 1.29 is 19.4 Å². The van der Waals surface area contributed by atoms with Crippen molar-refractivity contribution in [2.24, 2.45) is 22.7 Å². The van der Waals surface area contributed by atoms with E-state index < -0.39 is 11.4 Å². The van der Waals surface area contributed by atoms with Crippen LogP contribution in [0.15, 0.2) is 23.8 Å². The Kier molecular flexibility index (Phi) is 4.35. The molecule has 0 radical (unpaired) electrons. The summed E-state index contributed by atoms with van der Waals surface area (Å²) in [7, 11) is 0. The molecule has 24 heavy (non-hydrogen) atoms. The van der Waals surface area contributed by atoms with E-state index in [1.54, 1.807) is 6.08 Å². The lowest BCUT2D eigenvalue weighted by Gasteiger charge is -2.57. The van der Waals surface area contributed by atoms with Gasteiger partial charge in [-0.1, -0.05) is 25.5 Å². The minimum Gasteiger partial charge on any atom is -0.481 e. The van der Waals surface area contributed by atoms with Gasteiger partial charge in [0, 0.05) is 6.08 Å². The molecule has 0 saturated heterocycles. The van der Waals surface area contributed by atoms with Crippen molar-refractivity contribution in [1.82, 2.24) is 0 Å². The Morgan fingerprint density at radius 1 is 1.42 bits per heavy atom. The highest BCUT2D eigenvalue weighted by Gasteiger charge is 2.57. The van der Waals surface area contributed by atoms with Gasteiger partial charge >= 0.3 is 11.9 Å². The third-order valence-corrected chi connectivity index (χ3v) is 6.98. The molecule has 3 aliphatic rings. The van der Waals surface area contributed by atoms with Gasteiger partial charge in [-0.3, -0.25) is 4.79 Å². The maximum Gasteiger partial charge on any atom is 0.331 e. The molecule has 1 N–H and O–H groups in total. The maximum atomic E-state index is 12.0. The molecule has 4 atom stereocenters. The van der Waals surface area contributed by atoms with Crippen LogP contribution in [0.3, 0.4) is 0 Å². The van der Waals surface area contributed by atoms with Gasteiger partial charge in [-0.25, -0.2) is 4.79 Å². The second-order valence-corrected chi connectivity index (χ2v) is 8.33. The molecular weight excluding hydrogens is 304 g/mol. The SMILES string of the molecule is C=C1CC[C@H]2[C@](C)(CCC[C@@]2(C)C(=O)O)[C@@H]1CCC1=CC(=O)OC1. The van der Waals surface area contributed by atoms with Crippen LogP contribution in [0.1, 0.15) is 58.8 Å². The average molecular weight is 332 g/mol. The molecular formula is C20H28O4. The summed E-state index contributed by atoms with van der Waals surface area (Å²) < 4.78 is 5.00. The van der Waals surface area contributed by atoms with E-state index in [1.807, 2.05) is 6.92 Å². The lowest BCUT2D eigenvalue weighted by atomic mass is 9.46. The maximum absolute atomic E-state index is 12.0. The van der Waals surface area contributed by atoms with Crippen LogP contribution in [0.4, 0.5) is 0 Å². The van der Waals surface area contributed by atoms with Crippen molar-refractivity contribution in [2.75, 3.05) is 6.61 Å². The van der Waals surface area contributed by atoms with E-state index in [0.29, 0.717) is 12.5 Å². The number of esters is 1. The fourth-order valence-electron chi connectivity index (χ4n) is 5.63. The number of rotatable bonds is 4. The number of cyclic esters (lactones) is 1. The molecule has 4 nitrogen and oxygen atoms in total. The Bertz CT molecular complexity index is 605. The molecule has 0 aromatic heterocycles. The molecule has 1 aliphatic heterocycles. The predicted octanol–water partition coefficient (Wildman–Crippen LogP) is 4.11. The summed E-state index contributed by atoms with van der Waals surface area (Å²) in [4.78, 5) is 23.2. The zero-order valence-corrected chi connectivity index (χ0v) is 14.8. The molecule has 2 fully saturated rings. The molecule has 2 aliphatic carbocycles.